The summed E-state index contributed by atoms with van der Waals surface area (Å²) in [5, 5.41) is 0. The second kappa shape index (κ2) is 5.95. The summed E-state index contributed by atoms with van der Waals surface area (Å²) in [6, 6.07) is 16.3. The van der Waals surface area contributed by atoms with Gasteiger partial charge in [-0.05, 0) is 31.2 Å². The molecule has 3 heteroatoms. The van der Waals surface area contributed by atoms with Crippen LogP contribution >= 0.6 is 0 Å². The number of aryl methyl sites for hydroxylation is 1. The number of benzene rings is 1. The second-order valence-corrected chi connectivity index (χ2v) is 5.25. The maximum absolute atomic E-state index is 6.02. The molecule has 0 radical (unpaired) electrons. The molecule has 0 unspecified atom stereocenters. The lowest BCUT2D eigenvalue weighted by Gasteiger charge is -2.33. The molecule has 1 fully saturated rings. The molecule has 0 amide bonds. The quantitative estimate of drug-likeness (QED) is 0.852. The van der Waals surface area contributed by atoms with Gasteiger partial charge in [0.25, 0.3) is 0 Å². The zero-order chi connectivity index (χ0) is 13.8. The summed E-state index contributed by atoms with van der Waals surface area (Å²) in [7, 11) is 0. The molecule has 1 saturated heterocycles. The van der Waals surface area contributed by atoms with Gasteiger partial charge in [0.05, 0.1) is 0 Å². The number of aromatic nitrogens is 1. The Bertz CT molecular complexity index is 548. The van der Waals surface area contributed by atoms with E-state index in [2.05, 4.69) is 22.0 Å². The number of rotatable bonds is 3. The lowest BCUT2D eigenvalue weighted by atomic mass is 10.1. The number of ether oxygens (including phenoxy) is 1. The standard InChI is InChI=1S/C17H20N2O/c1-14-6-5-9-17(18-14)19-12-10-16(11-13-19)20-15-7-3-2-4-8-15/h2-9,16H,10-13H2,1H3. The Morgan fingerprint density at radius 3 is 2.45 bits per heavy atom. The molecule has 0 saturated carbocycles. The van der Waals surface area contributed by atoms with E-state index in [-0.39, 0.29) is 0 Å². The van der Waals surface area contributed by atoms with Crippen LogP contribution in [0.3, 0.4) is 0 Å². The van der Waals surface area contributed by atoms with Crippen molar-refractivity contribution < 1.29 is 4.74 Å². The van der Waals surface area contributed by atoms with Gasteiger partial charge in [-0.1, -0.05) is 24.3 Å². The molecule has 0 spiro atoms. The second-order valence-electron chi connectivity index (χ2n) is 5.25. The topological polar surface area (TPSA) is 25.4 Å². The Morgan fingerprint density at radius 1 is 1.00 bits per heavy atom. The minimum atomic E-state index is 0.318. The fourth-order valence-corrected chi connectivity index (χ4v) is 2.60. The lowest BCUT2D eigenvalue weighted by molar-refractivity contribution is 0.170. The van der Waals surface area contributed by atoms with Gasteiger partial charge in [-0.15, -0.1) is 0 Å². The molecule has 1 aliphatic rings. The molecule has 20 heavy (non-hydrogen) atoms. The first kappa shape index (κ1) is 13.0. The van der Waals surface area contributed by atoms with Crippen LogP contribution in [-0.4, -0.2) is 24.2 Å². The highest BCUT2D eigenvalue weighted by Gasteiger charge is 2.21. The van der Waals surface area contributed by atoms with E-state index < -0.39 is 0 Å². The number of pyridine rings is 1. The maximum atomic E-state index is 6.02. The molecule has 2 heterocycles. The Labute approximate surface area is 120 Å². The van der Waals surface area contributed by atoms with E-state index in [1.54, 1.807) is 0 Å². The molecule has 0 N–H and O–H groups in total. The SMILES string of the molecule is Cc1cccc(N2CCC(Oc3ccccc3)CC2)n1. The van der Waals surface area contributed by atoms with Crippen molar-refractivity contribution >= 4 is 5.82 Å². The number of hydrogen-bond donors (Lipinski definition) is 0. The Morgan fingerprint density at radius 2 is 1.75 bits per heavy atom. The van der Waals surface area contributed by atoms with Crippen molar-refractivity contribution in [3.05, 3.63) is 54.2 Å². The molecule has 0 atom stereocenters. The predicted octanol–water partition coefficient (Wildman–Crippen LogP) is 3.44. The van der Waals surface area contributed by atoms with E-state index in [1.807, 2.05) is 43.3 Å². The Balaban J connectivity index is 1.57. The highest BCUT2D eigenvalue weighted by Crippen LogP contribution is 2.21. The summed E-state index contributed by atoms with van der Waals surface area (Å²) in [5.41, 5.74) is 1.07. The minimum absolute atomic E-state index is 0.318. The molecule has 1 aromatic heterocycles. The maximum Gasteiger partial charge on any atom is 0.128 e. The zero-order valence-electron chi connectivity index (χ0n) is 11.8. The zero-order valence-corrected chi connectivity index (χ0v) is 11.8. The van der Waals surface area contributed by atoms with E-state index in [0.717, 1.165) is 43.2 Å². The molecule has 0 aliphatic carbocycles. The van der Waals surface area contributed by atoms with Crippen LogP contribution in [0.25, 0.3) is 0 Å². The van der Waals surface area contributed by atoms with Crippen LogP contribution in [0, 0.1) is 6.92 Å². The molecule has 0 bridgehead atoms. The van der Waals surface area contributed by atoms with Crippen LogP contribution in [0.4, 0.5) is 5.82 Å². The first-order valence-electron chi connectivity index (χ1n) is 7.21. The molecular weight excluding hydrogens is 248 g/mol. The third kappa shape index (κ3) is 3.10. The van der Waals surface area contributed by atoms with Gasteiger partial charge in [0, 0.05) is 31.6 Å². The van der Waals surface area contributed by atoms with Crippen molar-refractivity contribution in [1.29, 1.82) is 0 Å². The summed E-state index contributed by atoms with van der Waals surface area (Å²) >= 11 is 0. The van der Waals surface area contributed by atoms with Crippen LogP contribution in [0.15, 0.2) is 48.5 Å². The molecule has 1 aliphatic heterocycles. The number of hydrogen-bond acceptors (Lipinski definition) is 3. The smallest absolute Gasteiger partial charge is 0.128 e. The van der Waals surface area contributed by atoms with Gasteiger partial charge in [-0.2, -0.15) is 0 Å². The van der Waals surface area contributed by atoms with Gasteiger partial charge in [0.15, 0.2) is 0 Å². The van der Waals surface area contributed by atoms with Crippen molar-refractivity contribution in [1.82, 2.24) is 4.98 Å². The Kier molecular flexibility index (Phi) is 3.86. The monoisotopic (exact) mass is 268 g/mol. The summed E-state index contributed by atoms with van der Waals surface area (Å²) in [6.45, 7) is 4.05. The van der Waals surface area contributed by atoms with Crippen molar-refractivity contribution in [2.24, 2.45) is 0 Å². The van der Waals surface area contributed by atoms with Crippen LogP contribution in [0.2, 0.25) is 0 Å². The van der Waals surface area contributed by atoms with E-state index >= 15 is 0 Å². The van der Waals surface area contributed by atoms with E-state index in [4.69, 9.17) is 4.74 Å². The average molecular weight is 268 g/mol. The lowest BCUT2D eigenvalue weighted by Crippen LogP contribution is -2.38. The van der Waals surface area contributed by atoms with Gasteiger partial charge < -0.3 is 9.64 Å². The average Bonchev–Trinajstić information content (AvgIpc) is 2.49. The number of anilines is 1. The van der Waals surface area contributed by atoms with Crippen LogP contribution in [0.5, 0.6) is 5.75 Å². The van der Waals surface area contributed by atoms with Crippen molar-refractivity contribution in [3.63, 3.8) is 0 Å². The molecular formula is C17H20N2O. The van der Waals surface area contributed by atoms with Crippen LogP contribution in [-0.2, 0) is 0 Å². The summed E-state index contributed by atoms with van der Waals surface area (Å²) < 4.78 is 6.02. The number of piperidine rings is 1. The van der Waals surface area contributed by atoms with Crippen molar-refractivity contribution in [2.75, 3.05) is 18.0 Å². The predicted molar refractivity (Wildman–Crippen MR) is 81.3 cm³/mol. The van der Waals surface area contributed by atoms with Gasteiger partial charge in [0.2, 0.25) is 0 Å². The first-order valence-corrected chi connectivity index (χ1v) is 7.21. The molecule has 3 nitrogen and oxygen atoms in total. The van der Waals surface area contributed by atoms with Gasteiger partial charge in [0.1, 0.15) is 17.7 Å². The van der Waals surface area contributed by atoms with Gasteiger partial charge >= 0.3 is 0 Å². The summed E-state index contributed by atoms with van der Waals surface area (Å²) in [5.74, 6) is 2.06. The van der Waals surface area contributed by atoms with Crippen LogP contribution < -0.4 is 9.64 Å². The normalized spacial score (nSPS) is 16.1. The van der Waals surface area contributed by atoms with Crippen LogP contribution in [0.1, 0.15) is 18.5 Å². The van der Waals surface area contributed by atoms with E-state index in [0.29, 0.717) is 6.10 Å². The van der Waals surface area contributed by atoms with Crippen molar-refractivity contribution in [2.45, 2.75) is 25.9 Å². The highest BCUT2D eigenvalue weighted by molar-refractivity contribution is 5.39. The highest BCUT2D eigenvalue weighted by atomic mass is 16.5. The van der Waals surface area contributed by atoms with Crippen molar-refractivity contribution in [3.8, 4) is 5.75 Å². The fraction of sp³-hybridized carbons (Fsp3) is 0.353. The third-order valence-corrected chi connectivity index (χ3v) is 3.69. The first-order chi connectivity index (χ1) is 9.81. The van der Waals surface area contributed by atoms with Gasteiger partial charge in [-0.3, -0.25) is 0 Å². The Hall–Kier alpha value is -2.03. The molecule has 1 aromatic carbocycles. The number of nitrogens with zero attached hydrogens (tertiary/aromatic N) is 2. The van der Waals surface area contributed by atoms with E-state index in [9.17, 15) is 0 Å². The summed E-state index contributed by atoms with van der Waals surface area (Å²) in [4.78, 5) is 6.94. The van der Waals surface area contributed by atoms with Gasteiger partial charge in [-0.25, -0.2) is 4.98 Å². The third-order valence-electron chi connectivity index (χ3n) is 3.69. The molecule has 104 valence electrons. The number of para-hydroxylation sites is 1. The molecule has 3 rings (SSSR count). The summed E-state index contributed by atoms with van der Waals surface area (Å²) in [6.07, 6.45) is 2.41. The fourth-order valence-electron chi connectivity index (χ4n) is 2.60. The minimum Gasteiger partial charge on any atom is -0.490 e. The largest absolute Gasteiger partial charge is 0.490 e. The molecule has 2 aromatic rings. The van der Waals surface area contributed by atoms with E-state index in [1.165, 1.54) is 0 Å².